The van der Waals surface area contributed by atoms with Gasteiger partial charge in [-0.25, -0.2) is 0 Å². The van der Waals surface area contributed by atoms with Crippen molar-refractivity contribution in [3.05, 3.63) is 0 Å². The molecule has 0 aromatic carbocycles. The van der Waals surface area contributed by atoms with Crippen molar-refractivity contribution in [3.8, 4) is 0 Å². The summed E-state index contributed by atoms with van der Waals surface area (Å²) in [6.07, 6.45) is 3.00. The zero-order chi connectivity index (χ0) is 13.7. The topological polar surface area (TPSA) is 44.4 Å². The summed E-state index contributed by atoms with van der Waals surface area (Å²) in [5.74, 6) is 0.810. The van der Waals surface area contributed by atoms with Gasteiger partial charge in [0.2, 0.25) is 5.91 Å². The highest BCUT2D eigenvalue weighted by Gasteiger charge is 2.37. The summed E-state index contributed by atoms with van der Waals surface area (Å²) in [6, 6.07) is 0.774. The molecule has 0 spiro atoms. The zero-order valence-electron chi connectivity index (χ0n) is 12.5. The molecule has 0 aromatic heterocycles. The Morgan fingerprint density at radius 2 is 2.06 bits per heavy atom. The molecule has 2 N–H and O–H groups in total. The van der Waals surface area contributed by atoms with E-state index in [2.05, 4.69) is 36.3 Å². The first kappa shape index (κ1) is 15.4. The largest absolute Gasteiger partial charge is 0.337 e. The van der Waals surface area contributed by atoms with E-state index in [9.17, 15) is 4.79 Å². The van der Waals surface area contributed by atoms with Gasteiger partial charge in [-0.15, -0.1) is 0 Å². The molecule has 1 amide bonds. The molecule has 1 saturated heterocycles. The van der Waals surface area contributed by atoms with Gasteiger partial charge in [0, 0.05) is 18.6 Å². The van der Waals surface area contributed by atoms with Crippen molar-refractivity contribution in [2.24, 2.45) is 5.92 Å². The van der Waals surface area contributed by atoms with E-state index >= 15 is 0 Å². The monoisotopic (exact) mass is 255 g/mol. The standard InChI is InChI=1S/C14H29N3O/c1-6-13-11(15-4)7-8-17(13)14(18)12(16-5)9-10(2)3/h10-13,15-16H,6-9H2,1-5H3. The van der Waals surface area contributed by atoms with Gasteiger partial charge in [0.1, 0.15) is 0 Å². The van der Waals surface area contributed by atoms with Crippen molar-refractivity contribution in [1.29, 1.82) is 0 Å². The van der Waals surface area contributed by atoms with Crippen molar-refractivity contribution in [1.82, 2.24) is 15.5 Å². The van der Waals surface area contributed by atoms with Gasteiger partial charge >= 0.3 is 0 Å². The molecular formula is C14H29N3O. The van der Waals surface area contributed by atoms with Crippen LogP contribution in [0.5, 0.6) is 0 Å². The van der Waals surface area contributed by atoms with E-state index in [0.29, 0.717) is 18.0 Å². The second-order valence-corrected chi connectivity index (χ2v) is 5.66. The van der Waals surface area contributed by atoms with Crippen molar-refractivity contribution in [3.63, 3.8) is 0 Å². The molecule has 1 rings (SSSR count). The number of rotatable bonds is 6. The van der Waals surface area contributed by atoms with Crippen molar-refractivity contribution in [2.45, 2.75) is 58.2 Å². The van der Waals surface area contributed by atoms with E-state index in [1.54, 1.807) is 0 Å². The van der Waals surface area contributed by atoms with Crippen molar-refractivity contribution < 1.29 is 4.79 Å². The van der Waals surface area contributed by atoms with Gasteiger partial charge in [0.25, 0.3) is 0 Å². The molecule has 0 aromatic rings. The normalized spacial score (nSPS) is 25.8. The Labute approximate surface area is 111 Å². The molecule has 4 heteroatoms. The Bertz CT molecular complexity index is 268. The lowest BCUT2D eigenvalue weighted by atomic mass is 10.0. The number of hydrogen-bond donors (Lipinski definition) is 2. The van der Waals surface area contributed by atoms with Crippen LogP contribution in [0.2, 0.25) is 0 Å². The van der Waals surface area contributed by atoms with Gasteiger partial charge in [-0.1, -0.05) is 20.8 Å². The minimum atomic E-state index is -0.0327. The molecule has 0 saturated carbocycles. The molecule has 0 bridgehead atoms. The average Bonchev–Trinajstić information content (AvgIpc) is 2.77. The van der Waals surface area contributed by atoms with Crippen molar-refractivity contribution >= 4 is 5.91 Å². The van der Waals surface area contributed by atoms with Crippen LogP contribution in [0.1, 0.15) is 40.0 Å². The van der Waals surface area contributed by atoms with Gasteiger partial charge < -0.3 is 15.5 Å². The number of carbonyl (C=O) groups excluding carboxylic acids is 1. The predicted octanol–water partition coefficient (Wildman–Crippen LogP) is 1.22. The van der Waals surface area contributed by atoms with Crippen LogP contribution in [0.25, 0.3) is 0 Å². The Morgan fingerprint density at radius 3 is 2.50 bits per heavy atom. The summed E-state index contributed by atoms with van der Waals surface area (Å²) in [6.45, 7) is 7.38. The zero-order valence-corrected chi connectivity index (χ0v) is 12.5. The van der Waals surface area contributed by atoms with E-state index in [1.165, 1.54) is 0 Å². The second kappa shape index (κ2) is 7.10. The summed E-state index contributed by atoms with van der Waals surface area (Å²) < 4.78 is 0. The van der Waals surface area contributed by atoms with E-state index in [-0.39, 0.29) is 11.9 Å². The molecule has 0 radical (unpaired) electrons. The van der Waals surface area contributed by atoms with E-state index in [0.717, 1.165) is 25.8 Å². The van der Waals surface area contributed by atoms with Crippen LogP contribution in [0.15, 0.2) is 0 Å². The molecule has 18 heavy (non-hydrogen) atoms. The summed E-state index contributed by atoms with van der Waals surface area (Å²) in [7, 11) is 3.88. The number of likely N-dealkylation sites (N-methyl/N-ethyl adjacent to an activating group) is 2. The average molecular weight is 255 g/mol. The third kappa shape index (κ3) is 3.45. The number of nitrogens with one attached hydrogen (secondary N) is 2. The van der Waals surface area contributed by atoms with Gasteiger partial charge in [-0.3, -0.25) is 4.79 Å². The molecule has 3 atom stereocenters. The highest BCUT2D eigenvalue weighted by molar-refractivity contribution is 5.82. The second-order valence-electron chi connectivity index (χ2n) is 5.66. The van der Waals surface area contributed by atoms with Crippen LogP contribution in [0.3, 0.4) is 0 Å². The van der Waals surface area contributed by atoms with Crippen molar-refractivity contribution in [2.75, 3.05) is 20.6 Å². The lowest BCUT2D eigenvalue weighted by Gasteiger charge is -2.31. The lowest BCUT2D eigenvalue weighted by molar-refractivity contribution is -0.134. The first-order valence-electron chi connectivity index (χ1n) is 7.20. The minimum absolute atomic E-state index is 0.0327. The van der Waals surface area contributed by atoms with Crippen LogP contribution in [0.4, 0.5) is 0 Å². The SMILES string of the molecule is CCC1C(NC)CCN1C(=O)C(CC(C)C)NC. The predicted molar refractivity (Wildman–Crippen MR) is 75.6 cm³/mol. The molecule has 106 valence electrons. The molecule has 1 heterocycles. The highest BCUT2D eigenvalue weighted by atomic mass is 16.2. The Balaban J connectivity index is 2.70. The number of nitrogens with zero attached hydrogens (tertiary/aromatic N) is 1. The Hall–Kier alpha value is -0.610. The molecule has 1 aliphatic rings. The molecular weight excluding hydrogens is 226 g/mol. The van der Waals surface area contributed by atoms with Gasteiger partial charge in [0.15, 0.2) is 0 Å². The number of amides is 1. The van der Waals surface area contributed by atoms with Gasteiger partial charge in [-0.2, -0.15) is 0 Å². The fourth-order valence-electron chi connectivity index (χ4n) is 2.98. The Kier molecular flexibility index (Phi) is 6.09. The first-order chi connectivity index (χ1) is 8.54. The van der Waals surface area contributed by atoms with Crippen LogP contribution in [-0.4, -0.2) is 49.6 Å². The maximum absolute atomic E-state index is 12.6. The van der Waals surface area contributed by atoms with E-state index in [1.807, 2.05) is 14.1 Å². The smallest absolute Gasteiger partial charge is 0.240 e. The molecule has 1 fully saturated rings. The molecule has 1 aliphatic heterocycles. The van der Waals surface area contributed by atoms with Gasteiger partial charge in [0.05, 0.1) is 6.04 Å². The third-order valence-corrected chi connectivity index (χ3v) is 3.97. The van der Waals surface area contributed by atoms with Crippen LogP contribution in [-0.2, 0) is 4.79 Å². The van der Waals surface area contributed by atoms with Crippen LogP contribution < -0.4 is 10.6 Å². The van der Waals surface area contributed by atoms with E-state index < -0.39 is 0 Å². The number of hydrogen-bond acceptors (Lipinski definition) is 3. The fourth-order valence-corrected chi connectivity index (χ4v) is 2.98. The minimum Gasteiger partial charge on any atom is -0.337 e. The fraction of sp³-hybridized carbons (Fsp3) is 0.929. The summed E-state index contributed by atoms with van der Waals surface area (Å²) >= 11 is 0. The maximum Gasteiger partial charge on any atom is 0.240 e. The van der Waals surface area contributed by atoms with E-state index in [4.69, 9.17) is 0 Å². The number of likely N-dealkylation sites (tertiary alicyclic amines) is 1. The molecule has 0 aliphatic carbocycles. The number of carbonyl (C=O) groups is 1. The first-order valence-corrected chi connectivity index (χ1v) is 7.20. The summed E-state index contributed by atoms with van der Waals surface area (Å²) in [5, 5.41) is 6.51. The third-order valence-electron chi connectivity index (χ3n) is 3.97. The van der Waals surface area contributed by atoms with Crippen LogP contribution in [0, 0.1) is 5.92 Å². The van der Waals surface area contributed by atoms with Crippen LogP contribution >= 0.6 is 0 Å². The molecule has 3 unspecified atom stereocenters. The maximum atomic E-state index is 12.6. The lowest BCUT2D eigenvalue weighted by Crippen LogP contribution is -2.50. The summed E-state index contributed by atoms with van der Waals surface area (Å²) in [4.78, 5) is 14.7. The summed E-state index contributed by atoms with van der Waals surface area (Å²) in [5.41, 5.74) is 0. The highest BCUT2D eigenvalue weighted by Crippen LogP contribution is 2.22. The van der Waals surface area contributed by atoms with Gasteiger partial charge in [-0.05, 0) is 39.3 Å². The Morgan fingerprint density at radius 1 is 1.39 bits per heavy atom. The molecule has 4 nitrogen and oxygen atoms in total. The quantitative estimate of drug-likeness (QED) is 0.750.